The molecule has 0 aromatic heterocycles. The maximum absolute atomic E-state index is 3.82. The lowest BCUT2D eigenvalue weighted by Gasteiger charge is -2.47. The van der Waals surface area contributed by atoms with Crippen LogP contribution >= 0.6 is 0 Å². The van der Waals surface area contributed by atoms with E-state index in [2.05, 4.69) is 66.2 Å². The summed E-state index contributed by atoms with van der Waals surface area (Å²) in [5, 5.41) is 3.82. The van der Waals surface area contributed by atoms with Crippen LogP contribution in [0, 0.1) is 11.8 Å². The highest BCUT2D eigenvalue weighted by Gasteiger charge is 2.36. The van der Waals surface area contributed by atoms with Crippen LogP contribution < -0.4 is 5.32 Å². The summed E-state index contributed by atoms with van der Waals surface area (Å²) in [6, 6.07) is 11.3. The zero-order valence-corrected chi connectivity index (χ0v) is 13.7. The first-order valence-electron chi connectivity index (χ1n) is 8.18. The summed E-state index contributed by atoms with van der Waals surface area (Å²) in [5.74, 6) is 6.24. The van der Waals surface area contributed by atoms with E-state index in [0.29, 0.717) is 6.04 Å². The van der Waals surface area contributed by atoms with Crippen molar-refractivity contribution in [3.63, 3.8) is 0 Å². The molecule has 0 spiro atoms. The molecule has 1 unspecified atom stereocenters. The van der Waals surface area contributed by atoms with Gasteiger partial charge in [-0.25, -0.2) is 0 Å². The fraction of sp³-hybridized carbons (Fsp3) is 0.579. The Labute approximate surface area is 129 Å². The van der Waals surface area contributed by atoms with Gasteiger partial charge in [0.25, 0.3) is 0 Å². The number of nitrogens with zero attached hydrogens (tertiary/aromatic N) is 1. The van der Waals surface area contributed by atoms with E-state index in [9.17, 15) is 0 Å². The van der Waals surface area contributed by atoms with Gasteiger partial charge in [0.05, 0.1) is 0 Å². The summed E-state index contributed by atoms with van der Waals surface area (Å²) >= 11 is 0. The van der Waals surface area contributed by atoms with Gasteiger partial charge in [-0.2, -0.15) is 0 Å². The third-order valence-electron chi connectivity index (χ3n) is 4.86. The molecule has 0 amide bonds. The fourth-order valence-corrected chi connectivity index (χ4v) is 3.28. The van der Waals surface area contributed by atoms with E-state index in [1.807, 2.05) is 6.92 Å². The predicted molar refractivity (Wildman–Crippen MR) is 90.1 cm³/mol. The van der Waals surface area contributed by atoms with Gasteiger partial charge in [-0.3, -0.25) is 4.90 Å². The molecule has 1 fully saturated rings. The fourth-order valence-electron chi connectivity index (χ4n) is 3.28. The van der Waals surface area contributed by atoms with Crippen LogP contribution in [0.1, 0.15) is 51.6 Å². The van der Waals surface area contributed by atoms with Crippen molar-refractivity contribution in [2.75, 3.05) is 19.6 Å². The number of hydrogen-bond acceptors (Lipinski definition) is 2. The molecule has 0 bridgehead atoms. The molecule has 0 aliphatic carbocycles. The van der Waals surface area contributed by atoms with Crippen LogP contribution in [0.5, 0.6) is 0 Å². The average molecular weight is 284 g/mol. The Morgan fingerprint density at radius 2 is 1.95 bits per heavy atom. The molecule has 1 atom stereocenters. The largest absolute Gasteiger partial charge is 0.308 e. The van der Waals surface area contributed by atoms with Crippen LogP contribution in [0.3, 0.4) is 0 Å². The first-order valence-corrected chi connectivity index (χ1v) is 8.18. The van der Waals surface area contributed by atoms with Gasteiger partial charge in [0.2, 0.25) is 0 Å². The molecule has 21 heavy (non-hydrogen) atoms. The summed E-state index contributed by atoms with van der Waals surface area (Å²) in [7, 11) is 0. The van der Waals surface area contributed by atoms with Gasteiger partial charge in [0.15, 0.2) is 0 Å². The molecule has 1 aliphatic heterocycles. The minimum atomic E-state index is 0.269. The van der Waals surface area contributed by atoms with Crippen LogP contribution in [-0.4, -0.2) is 30.1 Å². The lowest BCUT2D eigenvalue weighted by molar-refractivity contribution is 0.0742. The van der Waals surface area contributed by atoms with Gasteiger partial charge in [-0.15, -0.1) is 11.8 Å². The molecule has 0 radical (unpaired) electrons. The van der Waals surface area contributed by atoms with Crippen molar-refractivity contribution >= 4 is 0 Å². The third-order valence-corrected chi connectivity index (χ3v) is 4.86. The van der Waals surface area contributed by atoms with Crippen molar-refractivity contribution in [1.82, 2.24) is 10.2 Å². The maximum Gasteiger partial charge on any atom is 0.0474 e. The number of hydrogen-bond donors (Lipinski definition) is 1. The number of piperazine rings is 1. The van der Waals surface area contributed by atoms with Crippen molar-refractivity contribution in [1.29, 1.82) is 0 Å². The smallest absolute Gasteiger partial charge is 0.0474 e. The Kier molecular flexibility index (Phi) is 5.85. The second kappa shape index (κ2) is 7.64. The van der Waals surface area contributed by atoms with Crippen LogP contribution in [0.2, 0.25) is 0 Å². The van der Waals surface area contributed by atoms with Crippen LogP contribution in [-0.2, 0) is 0 Å². The van der Waals surface area contributed by atoms with Crippen molar-refractivity contribution in [3.05, 3.63) is 35.9 Å². The highest BCUT2D eigenvalue weighted by atomic mass is 15.3. The molecule has 0 saturated carbocycles. The lowest BCUT2D eigenvalue weighted by Crippen LogP contribution is -2.60. The van der Waals surface area contributed by atoms with E-state index < -0.39 is 0 Å². The molecule has 1 aromatic carbocycles. The minimum absolute atomic E-state index is 0.269. The van der Waals surface area contributed by atoms with Gasteiger partial charge in [0.1, 0.15) is 0 Å². The second-order valence-corrected chi connectivity index (χ2v) is 5.94. The molecule has 1 N–H and O–H groups in total. The summed E-state index contributed by atoms with van der Waals surface area (Å²) in [6.45, 7) is 9.72. The Morgan fingerprint density at radius 1 is 1.24 bits per heavy atom. The first kappa shape index (κ1) is 16.1. The molecule has 2 heteroatoms. The SMILES string of the molecule is CC#CCCN1CC(CC)(CC)NCC1c1ccccc1. The normalized spacial score (nSPS) is 21.6. The van der Waals surface area contributed by atoms with E-state index in [4.69, 9.17) is 0 Å². The number of benzene rings is 1. The Morgan fingerprint density at radius 3 is 2.57 bits per heavy atom. The molecule has 1 heterocycles. The topological polar surface area (TPSA) is 15.3 Å². The molecular formula is C19H28N2. The molecule has 1 aromatic rings. The monoisotopic (exact) mass is 284 g/mol. The van der Waals surface area contributed by atoms with Gasteiger partial charge < -0.3 is 5.32 Å². The third kappa shape index (κ3) is 3.87. The van der Waals surface area contributed by atoms with Gasteiger partial charge in [-0.05, 0) is 25.3 Å². The standard InChI is InChI=1S/C19H28N2/c1-4-7-11-14-21-16-19(5-2,6-3)20-15-18(21)17-12-9-8-10-13-17/h8-10,12-13,18,20H,5-6,11,14-16H2,1-3H3. The van der Waals surface area contributed by atoms with Crippen molar-refractivity contribution in [2.24, 2.45) is 0 Å². The van der Waals surface area contributed by atoms with Gasteiger partial charge in [-0.1, -0.05) is 44.2 Å². The van der Waals surface area contributed by atoms with E-state index in [1.165, 1.54) is 18.4 Å². The molecule has 1 saturated heterocycles. The van der Waals surface area contributed by atoms with Crippen LogP contribution in [0.15, 0.2) is 30.3 Å². The van der Waals surface area contributed by atoms with Crippen molar-refractivity contribution < 1.29 is 0 Å². The highest BCUT2D eigenvalue weighted by Crippen LogP contribution is 2.30. The average Bonchev–Trinajstić information content (AvgIpc) is 2.56. The lowest BCUT2D eigenvalue weighted by atomic mass is 9.87. The summed E-state index contributed by atoms with van der Waals surface area (Å²) in [4.78, 5) is 2.63. The number of rotatable bonds is 5. The first-order chi connectivity index (χ1) is 10.2. The van der Waals surface area contributed by atoms with Crippen molar-refractivity contribution in [3.8, 4) is 11.8 Å². The summed E-state index contributed by atoms with van der Waals surface area (Å²) < 4.78 is 0. The Bertz CT molecular complexity index is 479. The maximum atomic E-state index is 3.82. The van der Waals surface area contributed by atoms with E-state index >= 15 is 0 Å². The molecule has 1 aliphatic rings. The van der Waals surface area contributed by atoms with Crippen LogP contribution in [0.25, 0.3) is 0 Å². The Hall–Kier alpha value is -1.30. The molecule has 2 rings (SSSR count). The van der Waals surface area contributed by atoms with E-state index in [0.717, 1.165) is 26.1 Å². The number of nitrogens with one attached hydrogen (secondary N) is 1. The van der Waals surface area contributed by atoms with E-state index in [1.54, 1.807) is 0 Å². The predicted octanol–water partition coefficient (Wildman–Crippen LogP) is 3.61. The minimum Gasteiger partial charge on any atom is -0.308 e. The molecular weight excluding hydrogens is 256 g/mol. The van der Waals surface area contributed by atoms with Gasteiger partial charge >= 0.3 is 0 Å². The summed E-state index contributed by atoms with van der Waals surface area (Å²) in [5.41, 5.74) is 1.68. The van der Waals surface area contributed by atoms with Crippen LogP contribution in [0.4, 0.5) is 0 Å². The molecule has 2 nitrogen and oxygen atoms in total. The summed E-state index contributed by atoms with van der Waals surface area (Å²) in [6.07, 6.45) is 3.32. The highest BCUT2D eigenvalue weighted by molar-refractivity contribution is 5.21. The van der Waals surface area contributed by atoms with Crippen molar-refractivity contribution in [2.45, 2.75) is 51.6 Å². The Balaban J connectivity index is 2.17. The zero-order chi connectivity index (χ0) is 15.1. The second-order valence-electron chi connectivity index (χ2n) is 5.94. The quantitative estimate of drug-likeness (QED) is 0.831. The van der Waals surface area contributed by atoms with Gasteiger partial charge in [0, 0.05) is 37.6 Å². The zero-order valence-electron chi connectivity index (χ0n) is 13.7. The molecule has 114 valence electrons. The van der Waals surface area contributed by atoms with E-state index in [-0.39, 0.29) is 5.54 Å².